The van der Waals surface area contributed by atoms with Crippen molar-refractivity contribution in [1.29, 1.82) is 0 Å². The van der Waals surface area contributed by atoms with Gasteiger partial charge in [0.1, 0.15) is 17.0 Å². The number of benzene rings is 1. The number of halogens is 1. The van der Waals surface area contributed by atoms with Crippen molar-refractivity contribution in [3.05, 3.63) is 45.8 Å². The zero-order valence-electron chi connectivity index (χ0n) is 12.4. The summed E-state index contributed by atoms with van der Waals surface area (Å²) >= 11 is 3.16. The van der Waals surface area contributed by atoms with Gasteiger partial charge in [-0.3, -0.25) is 4.79 Å². The number of carbonyl (C=O) groups is 1. The van der Waals surface area contributed by atoms with Crippen LogP contribution in [0.3, 0.4) is 0 Å². The van der Waals surface area contributed by atoms with Crippen LogP contribution in [0.1, 0.15) is 21.6 Å². The molecule has 1 aromatic carbocycles. The van der Waals surface area contributed by atoms with Crippen molar-refractivity contribution in [3.63, 3.8) is 0 Å². The third-order valence-corrected chi connectivity index (χ3v) is 3.41. The molecule has 7 heteroatoms. The number of para-hydroxylation sites is 1. The first-order valence-electron chi connectivity index (χ1n) is 6.74. The number of aryl methyl sites for hydroxylation is 2. The predicted octanol–water partition coefficient (Wildman–Crippen LogP) is 2.25. The first kappa shape index (κ1) is 16.2. The molecule has 0 aliphatic carbocycles. The second-order valence-electron chi connectivity index (χ2n) is 4.75. The molecule has 2 rings (SSSR count). The van der Waals surface area contributed by atoms with E-state index >= 15 is 0 Å². The fourth-order valence-corrected chi connectivity index (χ4v) is 2.25. The van der Waals surface area contributed by atoms with E-state index in [0.29, 0.717) is 17.8 Å². The number of nitrogen functional groups attached to an aromatic ring is 1. The molecule has 0 fully saturated rings. The third kappa shape index (κ3) is 3.94. The molecular weight excluding hydrogens is 348 g/mol. The van der Waals surface area contributed by atoms with Crippen LogP contribution in [0.15, 0.2) is 29.0 Å². The van der Waals surface area contributed by atoms with E-state index in [-0.39, 0.29) is 17.4 Å². The predicted molar refractivity (Wildman–Crippen MR) is 87.9 cm³/mol. The van der Waals surface area contributed by atoms with Gasteiger partial charge in [-0.25, -0.2) is 9.97 Å². The van der Waals surface area contributed by atoms with Gasteiger partial charge in [-0.1, -0.05) is 18.2 Å². The molecule has 0 radical (unpaired) electrons. The second kappa shape index (κ2) is 7.22. The van der Waals surface area contributed by atoms with Crippen molar-refractivity contribution in [2.24, 2.45) is 0 Å². The molecule has 1 heterocycles. The van der Waals surface area contributed by atoms with E-state index < -0.39 is 0 Å². The van der Waals surface area contributed by atoms with Gasteiger partial charge >= 0.3 is 0 Å². The van der Waals surface area contributed by atoms with Crippen LogP contribution in [0.25, 0.3) is 0 Å². The van der Waals surface area contributed by atoms with Crippen LogP contribution in [0.4, 0.5) is 5.82 Å². The number of ether oxygens (including phenoxy) is 1. The van der Waals surface area contributed by atoms with Crippen molar-refractivity contribution in [2.75, 3.05) is 18.9 Å². The average Bonchev–Trinajstić information content (AvgIpc) is 2.48. The van der Waals surface area contributed by atoms with E-state index in [0.717, 1.165) is 16.9 Å². The Kier molecular flexibility index (Phi) is 5.32. The molecule has 6 nitrogen and oxygen atoms in total. The molecular formula is C15H17BrN4O2. The zero-order chi connectivity index (χ0) is 16.1. The quantitative estimate of drug-likeness (QED) is 0.794. The highest BCUT2D eigenvalue weighted by molar-refractivity contribution is 9.10. The molecule has 3 N–H and O–H groups in total. The molecule has 0 aliphatic heterocycles. The molecule has 0 unspecified atom stereocenters. The highest BCUT2D eigenvalue weighted by atomic mass is 79.9. The van der Waals surface area contributed by atoms with Gasteiger partial charge in [0.05, 0.1) is 12.7 Å². The van der Waals surface area contributed by atoms with Crippen LogP contribution in [0.5, 0.6) is 5.75 Å². The summed E-state index contributed by atoms with van der Waals surface area (Å²) < 4.78 is 6.17. The molecule has 1 amide bonds. The molecule has 22 heavy (non-hydrogen) atoms. The largest absolute Gasteiger partial charge is 0.491 e. The summed E-state index contributed by atoms with van der Waals surface area (Å²) in [6.45, 7) is 4.68. The van der Waals surface area contributed by atoms with E-state index in [2.05, 4.69) is 31.2 Å². The number of nitrogens with two attached hydrogens (primary N) is 1. The molecule has 0 spiro atoms. The minimum absolute atomic E-state index is 0.0939. The van der Waals surface area contributed by atoms with Gasteiger partial charge in [-0.2, -0.15) is 0 Å². The van der Waals surface area contributed by atoms with Gasteiger partial charge in [-0.05, 0) is 40.9 Å². The van der Waals surface area contributed by atoms with Gasteiger partial charge in [0.15, 0.2) is 11.5 Å². The fourth-order valence-electron chi connectivity index (χ4n) is 1.97. The third-order valence-electron chi connectivity index (χ3n) is 3.03. The summed E-state index contributed by atoms with van der Waals surface area (Å²) in [5, 5.41) is 2.71. The lowest BCUT2D eigenvalue weighted by Crippen LogP contribution is -2.30. The van der Waals surface area contributed by atoms with E-state index in [1.807, 2.05) is 32.0 Å². The SMILES string of the molecule is Cc1cccc(C)c1OCCNC(=O)c1nc(Br)cnc1N. The Morgan fingerprint density at radius 3 is 2.73 bits per heavy atom. The smallest absolute Gasteiger partial charge is 0.273 e. The summed E-state index contributed by atoms with van der Waals surface area (Å²) in [5.41, 5.74) is 7.86. The van der Waals surface area contributed by atoms with Gasteiger partial charge in [0, 0.05) is 0 Å². The van der Waals surface area contributed by atoms with Gasteiger partial charge in [0.2, 0.25) is 0 Å². The topological polar surface area (TPSA) is 90.1 Å². The fraction of sp³-hybridized carbons (Fsp3) is 0.267. The first-order chi connectivity index (χ1) is 10.5. The average molecular weight is 365 g/mol. The van der Waals surface area contributed by atoms with E-state index in [4.69, 9.17) is 10.5 Å². The number of aromatic nitrogens is 2. The Balaban J connectivity index is 1.89. The van der Waals surface area contributed by atoms with E-state index in [9.17, 15) is 4.79 Å². The Morgan fingerprint density at radius 1 is 1.36 bits per heavy atom. The molecule has 0 bridgehead atoms. The van der Waals surface area contributed by atoms with Crippen molar-refractivity contribution < 1.29 is 9.53 Å². The Bertz CT molecular complexity index is 671. The van der Waals surface area contributed by atoms with Crippen molar-refractivity contribution in [3.8, 4) is 5.75 Å². The normalized spacial score (nSPS) is 10.3. The molecule has 0 saturated heterocycles. The van der Waals surface area contributed by atoms with Crippen molar-refractivity contribution >= 4 is 27.7 Å². The lowest BCUT2D eigenvalue weighted by molar-refractivity contribution is 0.0942. The summed E-state index contributed by atoms with van der Waals surface area (Å²) in [6, 6.07) is 5.95. The Labute approximate surface area is 137 Å². The van der Waals surface area contributed by atoms with E-state index in [1.165, 1.54) is 6.20 Å². The molecule has 2 aromatic rings. The molecule has 0 atom stereocenters. The minimum Gasteiger partial charge on any atom is -0.491 e. The minimum atomic E-state index is -0.378. The maximum atomic E-state index is 12.0. The second-order valence-corrected chi connectivity index (χ2v) is 5.56. The Hall–Kier alpha value is -2.15. The summed E-state index contributed by atoms with van der Waals surface area (Å²) in [5.74, 6) is 0.561. The summed E-state index contributed by atoms with van der Waals surface area (Å²) in [4.78, 5) is 19.9. The number of carbonyl (C=O) groups excluding carboxylic acids is 1. The van der Waals surface area contributed by atoms with Crippen molar-refractivity contribution in [2.45, 2.75) is 13.8 Å². The standard InChI is InChI=1S/C15H17BrN4O2/c1-9-4-3-5-10(2)13(9)22-7-6-18-15(21)12-14(17)19-8-11(16)20-12/h3-5,8H,6-7H2,1-2H3,(H2,17,19)(H,18,21). The van der Waals surface area contributed by atoms with Gasteiger partial charge in [0.25, 0.3) is 5.91 Å². The maximum absolute atomic E-state index is 12.0. The Morgan fingerprint density at radius 2 is 2.05 bits per heavy atom. The monoisotopic (exact) mass is 364 g/mol. The summed E-state index contributed by atoms with van der Waals surface area (Å²) in [6.07, 6.45) is 1.44. The van der Waals surface area contributed by atoms with E-state index in [1.54, 1.807) is 0 Å². The molecule has 1 aromatic heterocycles. The van der Waals surface area contributed by atoms with Crippen LogP contribution in [-0.4, -0.2) is 29.0 Å². The van der Waals surface area contributed by atoms with Crippen LogP contribution < -0.4 is 15.8 Å². The highest BCUT2D eigenvalue weighted by Gasteiger charge is 2.13. The summed E-state index contributed by atoms with van der Waals surface area (Å²) in [7, 11) is 0. The van der Waals surface area contributed by atoms with Gasteiger partial charge < -0.3 is 15.8 Å². The van der Waals surface area contributed by atoms with Crippen molar-refractivity contribution in [1.82, 2.24) is 15.3 Å². The number of nitrogens with zero attached hydrogens (tertiary/aromatic N) is 2. The lowest BCUT2D eigenvalue weighted by Gasteiger charge is -2.12. The number of hydrogen-bond donors (Lipinski definition) is 2. The molecule has 0 aliphatic rings. The molecule has 0 saturated carbocycles. The lowest BCUT2D eigenvalue weighted by atomic mass is 10.1. The number of nitrogens with one attached hydrogen (secondary N) is 1. The first-order valence-corrected chi connectivity index (χ1v) is 7.53. The zero-order valence-corrected chi connectivity index (χ0v) is 14.0. The number of hydrogen-bond acceptors (Lipinski definition) is 5. The highest BCUT2D eigenvalue weighted by Crippen LogP contribution is 2.21. The van der Waals surface area contributed by atoms with Gasteiger partial charge in [-0.15, -0.1) is 0 Å². The molecule has 116 valence electrons. The maximum Gasteiger partial charge on any atom is 0.273 e. The van der Waals surface area contributed by atoms with Crippen LogP contribution in [0.2, 0.25) is 0 Å². The van der Waals surface area contributed by atoms with Crippen LogP contribution in [-0.2, 0) is 0 Å². The number of amides is 1. The van der Waals surface area contributed by atoms with Crippen LogP contribution >= 0.6 is 15.9 Å². The number of rotatable bonds is 5. The number of anilines is 1. The van der Waals surface area contributed by atoms with Crippen LogP contribution in [0, 0.1) is 13.8 Å².